The van der Waals surface area contributed by atoms with Crippen LogP contribution in [0.4, 0.5) is 0 Å². The molecule has 7 nitrogen and oxygen atoms in total. The Hall–Kier alpha value is -2.58. The Morgan fingerprint density at radius 1 is 1.07 bits per heavy atom. The number of rotatable bonds is 8. The van der Waals surface area contributed by atoms with Crippen molar-refractivity contribution in [3.63, 3.8) is 0 Å². The topological polar surface area (TPSA) is 84.9 Å². The molecule has 0 bridgehead atoms. The third-order valence-corrected chi connectivity index (χ3v) is 6.91. The van der Waals surface area contributed by atoms with Gasteiger partial charge in [-0.25, -0.2) is 13.1 Å². The Bertz CT molecular complexity index is 955. The maximum Gasteiger partial charge on any atom is 0.253 e. The van der Waals surface area contributed by atoms with Crippen LogP contribution in [-0.4, -0.2) is 53.1 Å². The maximum absolute atomic E-state index is 12.7. The molecular formula is C22H28N2O5S. The molecule has 1 aliphatic heterocycles. The van der Waals surface area contributed by atoms with Crippen molar-refractivity contribution in [2.75, 3.05) is 33.9 Å². The van der Waals surface area contributed by atoms with E-state index in [1.54, 1.807) is 12.1 Å². The molecule has 1 heterocycles. The normalized spacial score (nSPS) is 15.1. The Labute approximate surface area is 178 Å². The lowest BCUT2D eigenvalue weighted by Crippen LogP contribution is -2.39. The molecule has 0 aliphatic carbocycles. The van der Waals surface area contributed by atoms with E-state index in [0.717, 1.165) is 19.3 Å². The summed E-state index contributed by atoms with van der Waals surface area (Å²) >= 11 is 0. The molecule has 0 atom stereocenters. The minimum Gasteiger partial charge on any atom is -0.497 e. The van der Waals surface area contributed by atoms with Gasteiger partial charge in [-0.1, -0.05) is 18.2 Å². The molecule has 1 amide bonds. The molecular weight excluding hydrogens is 404 g/mol. The van der Waals surface area contributed by atoms with Gasteiger partial charge >= 0.3 is 0 Å². The summed E-state index contributed by atoms with van der Waals surface area (Å²) in [5.74, 6) is 1.15. The van der Waals surface area contributed by atoms with Gasteiger partial charge in [-0.05, 0) is 49.4 Å². The highest BCUT2D eigenvalue weighted by Crippen LogP contribution is 2.28. The molecule has 1 N–H and O–H groups in total. The lowest BCUT2D eigenvalue weighted by molar-refractivity contribution is 0.0687. The van der Waals surface area contributed by atoms with Crippen LogP contribution in [0.5, 0.6) is 11.5 Å². The molecule has 0 unspecified atom stereocenters. The van der Waals surface area contributed by atoms with E-state index >= 15 is 0 Å². The van der Waals surface area contributed by atoms with Crippen LogP contribution in [0.25, 0.3) is 0 Å². The molecule has 0 spiro atoms. The number of hydrogen-bond acceptors (Lipinski definition) is 5. The average Bonchev–Trinajstić information content (AvgIpc) is 2.79. The van der Waals surface area contributed by atoms with E-state index in [0.29, 0.717) is 36.9 Å². The van der Waals surface area contributed by atoms with E-state index < -0.39 is 10.0 Å². The number of hydrogen-bond donors (Lipinski definition) is 1. The molecule has 3 rings (SSSR count). The van der Waals surface area contributed by atoms with Gasteiger partial charge in [-0.2, -0.15) is 0 Å². The van der Waals surface area contributed by atoms with Crippen molar-refractivity contribution in [1.29, 1.82) is 0 Å². The fourth-order valence-corrected chi connectivity index (χ4v) is 4.89. The van der Waals surface area contributed by atoms with Gasteiger partial charge in [-0.3, -0.25) is 4.79 Å². The zero-order chi connectivity index (χ0) is 21.6. The SMILES string of the molecule is COc1ccc(OC)c(S(=O)(=O)NCCC2CCN(C(=O)c3ccccc3)CC2)c1. The maximum atomic E-state index is 12.7. The Morgan fingerprint density at radius 2 is 1.77 bits per heavy atom. The van der Waals surface area contributed by atoms with Crippen LogP contribution in [0.2, 0.25) is 0 Å². The first kappa shape index (κ1) is 22.1. The predicted molar refractivity (Wildman–Crippen MR) is 114 cm³/mol. The van der Waals surface area contributed by atoms with Crippen LogP contribution in [0.15, 0.2) is 53.4 Å². The molecule has 2 aromatic carbocycles. The summed E-state index contributed by atoms with van der Waals surface area (Å²) in [7, 11) is -0.794. The monoisotopic (exact) mass is 432 g/mol. The number of carbonyl (C=O) groups excluding carboxylic acids is 1. The highest BCUT2D eigenvalue weighted by atomic mass is 32.2. The molecule has 162 valence electrons. The van der Waals surface area contributed by atoms with Gasteiger partial charge in [0.05, 0.1) is 14.2 Å². The minimum atomic E-state index is -3.72. The fraction of sp³-hybridized carbons (Fsp3) is 0.409. The number of carbonyl (C=O) groups is 1. The number of benzene rings is 2. The van der Waals surface area contributed by atoms with E-state index in [2.05, 4.69) is 4.72 Å². The molecule has 2 aromatic rings. The number of piperidine rings is 1. The van der Waals surface area contributed by atoms with Gasteiger partial charge in [0.25, 0.3) is 5.91 Å². The zero-order valence-corrected chi connectivity index (χ0v) is 18.2. The first-order chi connectivity index (χ1) is 14.4. The quantitative estimate of drug-likeness (QED) is 0.693. The summed E-state index contributed by atoms with van der Waals surface area (Å²) in [5.41, 5.74) is 0.705. The number of likely N-dealkylation sites (tertiary alicyclic amines) is 1. The van der Waals surface area contributed by atoms with Crippen LogP contribution in [0, 0.1) is 5.92 Å². The fourth-order valence-electron chi connectivity index (χ4n) is 3.66. The standard InChI is InChI=1S/C22H28N2O5S/c1-28-19-8-9-20(29-2)21(16-19)30(26,27)23-13-10-17-11-14-24(15-12-17)22(25)18-6-4-3-5-7-18/h3-9,16-17,23H,10-15H2,1-2H3. The van der Waals surface area contributed by atoms with Crippen LogP contribution >= 0.6 is 0 Å². The Balaban J connectivity index is 1.51. The van der Waals surface area contributed by atoms with Gasteiger partial charge in [0.15, 0.2) is 0 Å². The lowest BCUT2D eigenvalue weighted by Gasteiger charge is -2.32. The summed E-state index contributed by atoms with van der Waals surface area (Å²) in [4.78, 5) is 14.5. The molecule has 0 aromatic heterocycles. The highest BCUT2D eigenvalue weighted by molar-refractivity contribution is 7.89. The smallest absolute Gasteiger partial charge is 0.253 e. The number of methoxy groups -OCH3 is 2. The summed E-state index contributed by atoms with van der Waals surface area (Å²) in [6, 6.07) is 14.0. The van der Waals surface area contributed by atoms with E-state index in [9.17, 15) is 13.2 Å². The number of nitrogens with zero attached hydrogens (tertiary/aromatic N) is 1. The van der Waals surface area contributed by atoms with Crippen LogP contribution in [0.1, 0.15) is 29.6 Å². The molecule has 1 saturated heterocycles. The van der Waals surface area contributed by atoms with E-state index in [1.807, 2.05) is 35.2 Å². The summed E-state index contributed by atoms with van der Waals surface area (Å²) in [5, 5.41) is 0. The molecule has 0 saturated carbocycles. The highest BCUT2D eigenvalue weighted by Gasteiger charge is 2.25. The summed E-state index contributed by atoms with van der Waals surface area (Å²) in [6.45, 7) is 1.71. The average molecular weight is 433 g/mol. The third kappa shape index (κ3) is 5.31. The lowest BCUT2D eigenvalue weighted by atomic mass is 9.93. The molecule has 0 radical (unpaired) electrons. The minimum absolute atomic E-state index is 0.0554. The number of sulfonamides is 1. The van der Waals surface area contributed by atoms with Gasteiger partial charge in [-0.15, -0.1) is 0 Å². The molecule has 8 heteroatoms. The summed E-state index contributed by atoms with van der Waals surface area (Å²) < 4.78 is 38.4. The molecule has 1 aliphatic rings. The second-order valence-corrected chi connectivity index (χ2v) is 9.04. The van der Waals surface area contributed by atoms with E-state index in [1.165, 1.54) is 20.3 Å². The Kier molecular flexibility index (Phi) is 7.33. The molecule has 1 fully saturated rings. The number of nitrogens with one attached hydrogen (secondary N) is 1. The van der Waals surface area contributed by atoms with Crippen LogP contribution < -0.4 is 14.2 Å². The van der Waals surface area contributed by atoms with Crippen LogP contribution in [0.3, 0.4) is 0 Å². The predicted octanol–water partition coefficient (Wildman–Crippen LogP) is 2.92. The largest absolute Gasteiger partial charge is 0.497 e. The third-order valence-electron chi connectivity index (χ3n) is 5.43. The van der Waals surface area contributed by atoms with Crippen molar-refractivity contribution in [1.82, 2.24) is 9.62 Å². The number of ether oxygens (including phenoxy) is 2. The van der Waals surface area contributed by atoms with E-state index in [-0.39, 0.29) is 16.6 Å². The second kappa shape index (κ2) is 9.95. The first-order valence-electron chi connectivity index (χ1n) is 10.0. The van der Waals surface area contributed by atoms with Crippen molar-refractivity contribution in [2.45, 2.75) is 24.2 Å². The van der Waals surface area contributed by atoms with Crippen molar-refractivity contribution < 1.29 is 22.7 Å². The summed E-state index contributed by atoms with van der Waals surface area (Å²) in [6.07, 6.45) is 2.45. The second-order valence-electron chi connectivity index (χ2n) is 7.30. The van der Waals surface area contributed by atoms with Crippen molar-refractivity contribution in [3.8, 4) is 11.5 Å². The van der Waals surface area contributed by atoms with Gasteiger partial charge < -0.3 is 14.4 Å². The Morgan fingerprint density at radius 3 is 2.40 bits per heavy atom. The van der Waals surface area contributed by atoms with Crippen molar-refractivity contribution in [2.24, 2.45) is 5.92 Å². The number of amides is 1. The molecule has 30 heavy (non-hydrogen) atoms. The van der Waals surface area contributed by atoms with E-state index in [4.69, 9.17) is 9.47 Å². The van der Waals surface area contributed by atoms with Crippen molar-refractivity contribution >= 4 is 15.9 Å². The van der Waals surface area contributed by atoms with Gasteiger partial charge in [0.2, 0.25) is 10.0 Å². The van der Waals surface area contributed by atoms with Crippen LogP contribution in [-0.2, 0) is 10.0 Å². The zero-order valence-electron chi connectivity index (χ0n) is 17.3. The first-order valence-corrected chi connectivity index (χ1v) is 11.5. The van der Waals surface area contributed by atoms with Gasteiger partial charge in [0, 0.05) is 31.3 Å². The van der Waals surface area contributed by atoms with Gasteiger partial charge in [0.1, 0.15) is 16.4 Å². The van der Waals surface area contributed by atoms with Crippen molar-refractivity contribution in [3.05, 3.63) is 54.1 Å².